The summed E-state index contributed by atoms with van der Waals surface area (Å²) in [5.41, 5.74) is 5.33. The molecule has 18 heavy (non-hydrogen) atoms. The van der Waals surface area contributed by atoms with Crippen molar-refractivity contribution in [2.75, 3.05) is 0 Å². The molecule has 0 amide bonds. The van der Waals surface area contributed by atoms with E-state index < -0.39 is 0 Å². The van der Waals surface area contributed by atoms with Crippen LogP contribution >= 0.6 is 0 Å². The maximum absolute atomic E-state index is 9.23. The lowest BCUT2D eigenvalue weighted by Gasteiger charge is -2.15. The van der Waals surface area contributed by atoms with Crippen molar-refractivity contribution in [1.82, 2.24) is 9.55 Å². The third-order valence-corrected chi connectivity index (χ3v) is 3.56. The largest absolute Gasteiger partial charge is 0.302 e. The Morgan fingerprint density at radius 3 is 2.94 bits per heavy atom. The molecule has 1 aliphatic carbocycles. The van der Waals surface area contributed by atoms with Crippen molar-refractivity contribution in [1.29, 1.82) is 5.26 Å². The molecule has 0 N–H and O–H groups in total. The lowest BCUT2D eigenvalue weighted by molar-refractivity contribution is 0.656. The molecule has 0 saturated heterocycles. The number of benzene rings is 1. The zero-order valence-corrected chi connectivity index (χ0v) is 10.5. The summed E-state index contributed by atoms with van der Waals surface area (Å²) in [5, 5.41) is 9.23. The van der Waals surface area contributed by atoms with Crippen molar-refractivity contribution >= 4 is 0 Å². The second kappa shape index (κ2) is 4.30. The van der Waals surface area contributed by atoms with E-state index in [9.17, 15) is 5.26 Å². The predicted octanol–water partition coefficient (Wildman–Crippen LogP) is 2.93. The van der Waals surface area contributed by atoms with E-state index in [4.69, 9.17) is 0 Å². The van der Waals surface area contributed by atoms with E-state index in [2.05, 4.69) is 21.7 Å². The standard InChI is InChI=1S/C15H15N3/c1-11-6-7-12(9-16)15(8-11)18-10-17-13-4-2-3-5-14(13)18/h6-8,10H,2-5H2,1H3. The summed E-state index contributed by atoms with van der Waals surface area (Å²) in [5.74, 6) is 0. The molecular weight excluding hydrogens is 222 g/mol. The lowest BCUT2D eigenvalue weighted by atomic mass is 10.0. The van der Waals surface area contributed by atoms with Crippen molar-refractivity contribution in [3.8, 4) is 11.8 Å². The number of nitriles is 1. The van der Waals surface area contributed by atoms with Crippen LogP contribution in [0.4, 0.5) is 0 Å². The average Bonchev–Trinajstić information content (AvgIpc) is 2.82. The molecule has 1 aliphatic rings. The minimum absolute atomic E-state index is 0.714. The summed E-state index contributed by atoms with van der Waals surface area (Å²) in [6.07, 6.45) is 6.44. The van der Waals surface area contributed by atoms with Crippen molar-refractivity contribution in [2.24, 2.45) is 0 Å². The van der Waals surface area contributed by atoms with Crippen molar-refractivity contribution in [2.45, 2.75) is 32.6 Å². The van der Waals surface area contributed by atoms with Gasteiger partial charge in [-0.25, -0.2) is 4.98 Å². The molecule has 0 saturated carbocycles. The Bertz CT molecular complexity index is 632. The molecule has 3 heteroatoms. The second-order valence-corrected chi connectivity index (χ2v) is 4.85. The molecular formula is C15H15N3. The third kappa shape index (κ3) is 1.70. The van der Waals surface area contributed by atoms with Gasteiger partial charge in [-0.15, -0.1) is 0 Å². The topological polar surface area (TPSA) is 41.6 Å². The smallest absolute Gasteiger partial charge is 0.101 e. The fraction of sp³-hybridized carbons (Fsp3) is 0.333. The van der Waals surface area contributed by atoms with Crippen LogP contribution in [0.5, 0.6) is 0 Å². The van der Waals surface area contributed by atoms with E-state index in [0.29, 0.717) is 5.56 Å². The highest BCUT2D eigenvalue weighted by Crippen LogP contribution is 2.25. The van der Waals surface area contributed by atoms with Gasteiger partial charge in [0, 0.05) is 5.69 Å². The molecule has 0 spiro atoms. The van der Waals surface area contributed by atoms with Gasteiger partial charge in [0.15, 0.2) is 0 Å². The van der Waals surface area contributed by atoms with E-state index in [1.165, 1.54) is 29.8 Å². The normalized spacial score (nSPS) is 14.0. The summed E-state index contributed by atoms with van der Waals surface area (Å²) in [6, 6.07) is 8.20. The quantitative estimate of drug-likeness (QED) is 0.765. The van der Waals surface area contributed by atoms with Gasteiger partial charge in [-0.3, -0.25) is 0 Å². The van der Waals surface area contributed by atoms with E-state index in [-0.39, 0.29) is 0 Å². The molecule has 0 fully saturated rings. The van der Waals surface area contributed by atoms with Gasteiger partial charge in [-0.05, 0) is 50.3 Å². The first-order valence-electron chi connectivity index (χ1n) is 6.36. The van der Waals surface area contributed by atoms with E-state index in [1.807, 2.05) is 25.4 Å². The van der Waals surface area contributed by atoms with Crippen LogP contribution in [0, 0.1) is 18.3 Å². The highest BCUT2D eigenvalue weighted by molar-refractivity contribution is 5.52. The molecule has 90 valence electrons. The zero-order valence-electron chi connectivity index (χ0n) is 10.5. The predicted molar refractivity (Wildman–Crippen MR) is 69.7 cm³/mol. The molecule has 1 aromatic heterocycles. The Labute approximate surface area is 107 Å². The maximum atomic E-state index is 9.23. The van der Waals surface area contributed by atoms with Gasteiger partial charge in [-0.2, -0.15) is 5.26 Å². The number of rotatable bonds is 1. The molecule has 3 nitrogen and oxygen atoms in total. The summed E-state index contributed by atoms with van der Waals surface area (Å²) in [7, 11) is 0. The van der Waals surface area contributed by atoms with Gasteiger partial charge in [0.05, 0.1) is 23.3 Å². The molecule has 2 aromatic rings. The van der Waals surface area contributed by atoms with Gasteiger partial charge in [0.2, 0.25) is 0 Å². The molecule has 0 aliphatic heterocycles. The summed E-state index contributed by atoms with van der Waals surface area (Å²) >= 11 is 0. The molecule has 0 bridgehead atoms. The van der Waals surface area contributed by atoms with E-state index >= 15 is 0 Å². The Kier molecular flexibility index (Phi) is 2.64. The third-order valence-electron chi connectivity index (χ3n) is 3.56. The van der Waals surface area contributed by atoms with Gasteiger partial charge in [-0.1, -0.05) is 6.07 Å². The van der Waals surface area contributed by atoms with Crippen LogP contribution in [-0.2, 0) is 12.8 Å². The molecule has 0 unspecified atom stereocenters. The van der Waals surface area contributed by atoms with Crippen LogP contribution in [0.1, 0.15) is 35.4 Å². The van der Waals surface area contributed by atoms with Crippen molar-refractivity contribution in [3.63, 3.8) is 0 Å². The first kappa shape index (κ1) is 11.0. The number of hydrogen-bond acceptors (Lipinski definition) is 2. The molecule has 0 atom stereocenters. The van der Waals surface area contributed by atoms with Crippen molar-refractivity contribution in [3.05, 3.63) is 47.0 Å². The lowest BCUT2D eigenvalue weighted by Crippen LogP contribution is -2.08. The van der Waals surface area contributed by atoms with Crippen LogP contribution in [0.3, 0.4) is 0 Å². The van der Waals surface area contributed by atoms with Crippen LogP contribution in [0.15, 0.2) is 24.5 Å². The summed E-state index contributed by atoms with van der Waals surface area (Å²) in [4.78, 5) is 4.49. The minimum atomic E-state index is 0.714. The van der Waals surface area contributed by atoms with E-state index in [0.717, 1.165) is 18.5 Å². The maximum Gasteiger partial charge on any atom is 0.101 e. The van der Waals surface area contributed by atoms with Crippen LogP contribution < -0.4 is 0 Å². The number of nitrogens with zero attached hydrogens (tertiary/aromatic N) is 3. The second-order valence-electron chi connectivity index (χ2n) is 4.85. The first-order chi connectivity index (χ1) is 8.79. The van der Waals surface area contributed by atoms with Crippen LogP contribution in [0.2, 0.25) is 0 Å². The first-order valence-corrected chi connectivity index (χ1v) is 6.36. The average molecular weight is 237 g/mol. The number of aromatic nitrogens is 2. The number of hydrogen-bond donors (Lipinski definition) is 0. The van der Waals surface area contributed by atoms with Crippen LogP contribution in [0.25, 0.3) is 5.69 Å². The molecule has 0 radical (unpaired) electrons. The number of aryl methyl sites for hydroxylation is 2. The monoisotopic (exact) mass is 237 g/mol. The van der Waals surface area contributed by atoms with Gasteiger partial charge >= 0.3 is 0 Å². The minimum Gasteiger partial charge on any atom is -0.302 e. The SMILES string of the molecule is Cc1ccc(C#N)c(-n2cnc3c2CCCC3)c1. The number of imidazole rings is 1. The summed E-state index contributed by atoms with van der Waals surface area (Å²) in [6.45, 7) is 2.05. The summed E-state index contributed by atoms with van der Waals surface area (Å²) < 4.78 is 2.10. The fourth-order valence-electron chi connectivity index (χ4n) is 2.61. The van der Waals surface area contributed by atoms with Gasteiger partial charge in [0.1, 0.15) is 6.07 Å². The van der Waals surface area contributed by atoms with Gasteiger partial charge in [0.25, 0.3) is 0 Å². The Morgan fingerprint density at radius 2 is 2.11 bits per heavy atom. The highest BCUT2D eigenvalue weighted by Gasteiger charge is 2.17. The molecule has 1 aromatic carbocycles. The van der Waals surface area contributed by atoms with Crippen LogP contribution in [-0.4, -0.2) is 9.55 Å². The Balaban J connectivity index is 2.18. The van der Waals surface area contributed by atoms with Crippen molar-refractivity contribution < 1.29 is 0 Å². The molecule has 3 rings (SSSR count). The molecule has 1 heterocycles. The fourth-order valence-corrected chi connectivity index (χ4v) is 2.61. The highest BCUT2D eigenvalue weighted by atomic mass is 15.1. The number of fused-ring (bicyclic) bond motifs is 1. The Morgan fingerprint density at radius 1 is 1.28 bits per heavy atom. The van der Waals surface area contributed by atoms with E-state index in [1.54, 1.807) is 0 Å². The zero-order chi connectivity index (χ0) is 12.5. The Hall–Kier alpha value is -2.08. The van der Waals surface area contributed by atoms with Gasteiger partial charge < -0.3 is 4.57 Å².